The van der Waals surface area contributed by atoms with Gasteiger partial charge in [0.15, 0.2) is 0 Å². The Kier molecular flexibility index (Phi) is 5.43. The molecule has 2 N–H and O–H groups in total. The average Bonchev–Trinajstić information content (AvgIpc) is 2.47. The van der Waals surface area contributed by atoms with Gasteiger partial charge in [-0.15, -0.1) is 6.58 Å². The maximum absolute atomic E-state index is 9.46. The molecule has 0 aromatic heterocycles. The molecule has 110 valence electrons. The van der Waals surface area contributed by atoms with Crippen LogP contribution in [0.25, 0.3) is 0 Å². The van der Waals surface area contributed by atoms with Crippen molar-refractivity contribution in [3.63, 3.8) is 0 Å². The molecule has 0 fully saturated rings. The van der Waals surface area contributed by atoms with Gasteiger partial charge in [0, 0.05) is 11.1 Å². The molecular weight excluding hydrogens is 282 g/mol. The van der Waals surface area contributed by atoms with Crippen LogP contribution in [0.2, 0.25) is 5.02 Å². The van der Waals surface area contributed by atoms with Crippen LogP contribution in [0.15, 0.2) is 61.2 Å². The van der Waals surface area contributed by atoms with Gasteiger partial charge in [-0.1, -0.05) is 41.9 Å². The molecule has 2 atom stereocenters. The van der Waals surface area contributed by atoms with E-state index in [0.717, 1.165) is 22.6 Å². The Hall–Kier alpha value is -1.77. The highest BCUT2D eigenvalue weighted by Crippen LogP contribution is 2.26. The molecule has 2 rings (SSSR count). The Morgan fingerprint density at radius 1 is 1.10 bits per heavy atom. The molecule has 2 unspecified atom stereocenters. The number of aromatic hydroxyl groups is 1. The van der Waals surface area contributed by atoms with Crippen molar-refractivity contribution in [2.24, 2.45) is 0 Å². The van der Waals surface area contributed by atoms with Crippen LogP contribution in [0, 0.1) is 0 Å². The number of phenols is 1. The lowest BCUT2D eigenvalue weighted by molar-refractivity contribution is 0.473. The fraction of sp³-hybridized carbons (Fsp3) is 0.222. The van der Waals surface area contributed by atoms with Crippen LogP contribution in [-0.4, -0.2) is 11.1 Å². The summed E-state index contributed by atoms with van der Waals surface area (Å²) in [5, 5.41) is 13.8. The SMILES string of the molecule is C=CCC(C)NC(c1ccc(O)cc1)c1ccc(Cl)cc1. The minimum Gasteiger partial charge on any atom is -0.508 e. The summed E-state index contributed by atoms with van der Waals surface area (Å²) in [6, 6.07) is 15.5. The number of rotatable bonds is 6. The highest BCUT2D eigenvalue weighted by Gasteiger charge is 2.16. The van der Waals surface area contributed by atoms with Crippen molar-refractivity contribution in [2.75, 3.05) is 0 Å². The van der Waals surface area contributed by atoms with Crippen molar-refractivity contribution in [1.29, 1.82) is 0 Å². The van der Waals surface area contributed by atoms with E-state index in [2.05, 4.69) is 18.8 Å². The predicted octanol–water partition coefficient (Wildman–Crippen LogP) is 4.69. The van der Waals surface area contributed by atoms with Crippen molar-refractivity contribution in [1.82, 2.24) is 5.32 Å². The van der Waals surface area contributed by atoms with Crippen molar-refractivity contribution in [3.05, 3.63) is 77.3 Å². The number of halogens is 1. The van der Waals surface area contributed by atoms with E-state index in [1.807, 2.05) is 42.5 Å². The normalized spacial score (nSPS) is 13.6. The largest absolute Gasteiger partial charge is 0.508 e. The Balaban J connectivity index is 2.31. The molecule has 21 heavy (non-hydrogen) atoms. The fourth-order valence-electron chi connectivity index (χ4n) is 2.31. The van der Waals surface area contributed by atoms with Gasteiger partial charge in [0.25, 0.3) is 0 Å². The summed E-state index contributed by atoms with van der Waals surface area (Å²) >= 11 is 5.97. The standard InChI is InChI=1S/C18H20ClNO/c1-3-4-13(2)20-18(14-5-9-16(19)10-6-14)15-7-11-17(21)12-8-15/h3,5-13,18,20-21H,1,4H2,2H3. The van der Waals surface area contributed by atoms with Gasteiger partial charge in [0.2, 0.25) is 0 Å². The van der Waals surface area contributed by atoms with E-state index >= 15 is 0 Å². The molecule has 0 aliphatic heterocycles. The lowest BCUT2D eigenvalue weighted by Gasteiger charge is -2.24. The van der Waals surface area contributed by atoms with Gasteiger partial charge in [-0.3, -0.25) is 0 Å². The molecule has 0 heterocycles. The zero-order valence-corrected chi connectivity index (χ0v) is 12.8. The number of hydrogen-bond donors (Lipinski definition) is 2. The average molecular weight is 302 g/mol. The van der Waals surface area contributed by atoms with E-state index in [1.165, 1.54) is 0 Å². The summed E-state index contributed by atoms with van der Waals surface area (Å²) in [6.45, 7) is 5.92. The van der Waals surface area contributed by atoms with Crippen LogP contribution in [-0.2, 0) is 0 Å². The summed E-state index contributed by atoms with van der Waals surface area (Å²) in [7, 11) is 0. The third kappa shape index (κ3) is 4.35. The summed E-state index contributed by atoms with van der Waals surface area (Å²) in [6.07, 6.45) is 2.80. The van der Waals surface area contributed by atoms with Gasteiger partial charge >= 0.3 is 0 Å². The van der Waals surface area contributed by atoms with Crippen molar-refractivity contribution < 1.29 is 5.11 Å². The third-order valence-electron chi connectivity index (χ3n) is 3.40. The molecule has 2 aromatic carbocycles. The molecule has 0 bridgehead atoms. The van der Waals surface area contributed by atoms with Gasteiger partial charge < -0.3 is 10.4 Å². The summed E-state index contributed by atoms with van der Waals surface area (Å²) < 4.78 is 0. The Labute approximate surface area is 131 Å². The van der Waals surface area contributed by atoms with E-state index in [-0.39, 0.29) is 11.8 Å². The maximum Gasteiger partial charge on any atom is 0.115 e. The highest BCUT2D eigenvalue weighted by atomic mass is 35.5. The van der Waals surface area contributed by atoms with E-state index in [1.54, 1.807) is 12.1 Å². The summed E-state index contributed by atoms with van der Waals surface area (Å²) in [5.41, 5.74) is 2.24. The smallest absolute Gasteiger partial charge is 0.115 e. The van der Waals surface area contributed by atoms with Gasteiger partial charge in [0.05, 0.1) is 6.04 Å². The molecule has 0 saturated heterocycles. The first-order chi connectivity index (χ1) is 10.1. The minimum absolute atomic E-state index is 0.0535. The Morgan fingerprint density at radius 2 is 1.62 bits per heavy atom. The van der Waals surface area contributed by atoms with E-state index in [0.29, 0.717) is 6.04 Å². The van der Waals surface area contributed by atoms with Gasteiger partial charge in [-0.25, -0.2) is 0 Å². The lowest BCUT2D eigenvalue weighted by Crippen LogP contribution is -2.30. The number of nitrogens with one attached hydrogen (secondary N) is 1. The summed E-state index contributed by atoms with van der Waals surface area (Å²) in [5.74, 6) is 0.271. The Bertz CT molecular complexity index is 532. The molecule has 2 nitrogen and oxygen atoms in total. The monoisotopic (exact) mass is 301 g/mol. The van der Waals surface area contributed by atoms with Gasteiger partial charge in [-0.2, -0.15) is 0 Å². The van der Waals surface area contributed by atoms with Crippen LogP contribution in [0.4, 0.5) is 0 Å². The zero-order valence-electron chi connectivity index (χ0n) is 12.1. The first-order valence-corrected chi connectivity index (χ1v) is 7.39. The van der Waals surface area contributed by atoms with Gasteiger partial charge in [-0.05, 0) is 48.7 Å². The first-order valence-electron chi connectivity index (χ1n) is 7.01. The highest BCUT2D eigenvalue weighted by molar-refractivity contribution is 6.30. The molecular formula is C18H20ClNO. The summed E-state index contributed by atoms with van der Waals surface area (Å²) in [4.78, 5) is 0. The van der Waals surface area contributed by atoms with E-state index in [4.69, 9.17) is 11.6 Å². The van der Waals surface area contributed by atoms with Crippen molar-refractivity contribution in [2.45, 2.75) is 25.4 Å². The van der Waals surface area contributed by atoms with Crippen LogP contribution >= 0.6 is 11.6 Å². The van der Waals surface area contributed by atoms with E-state index < -0.39 is 0 Å². The molecule has 0 saturated carbocycles. The molecule has 0 aliphatic carbocycles. The number of phenolic OH excluding ortho intramolecular Hbond substituents is 1. The fourth-order valence-corrected chi connectivity index (χ4v) is 2.44. The molecule has 2 aromatic rings. The zero-order chi connectivity index (χ0) is 15.2. The third-order valence-corrected chi connectivity index (χ3v) is 3.65. The minimum atomic E-state index is 0.0535. The van der Waals surface area contributed by atoms with Crippen LogP contribution < -0.4 is 5.32 Å². The van der Waals surface area contributed by atoms with Crippen molar-refractivity contribution >= 4 is 11.6 Å². The lowest BCUT2D eigenvalue weighted by atomic mass is 9.97. The first kappa shape index (κ1) is 15.6. The van der Waals surface area contributed by atoms with Crippen molar-refractivity contribution in [3.8, 4) is 5.75 Å². The number of hydrogen-bond acceptors (Lipinski definition) is 2. The van der Waals surface area contributed by atoms with E-state index in [9.17, 15) is 5.11 Å². The maximum atomic E-state index is 9.46. The quantitative estimate of drug-likeness (QED) is 0.759. The molecule has 0 amide bonds. The molecule has 0 aliphatic rings. The van der Waals surface area contributed by atoms with Crippen LogP contribution in [0.5, 0.6) is 5.75 Å². The van der Waals surface area contributed by atoms with Gasteiger partial charge in [0.1, 0.15) is 5.75 Å². The predicted molar refractivity (Wildman–Crippen MR) is 88.8 cm³/mol. The molecule has 0 spiro atoms. The molecule has 0 radical (unpaired) electrons. The molecule has 3 heteroatoms. The second-order valence-electron chi connectivity index (χ2n) is 5.17. The second kappa shape index (κ2) is 7.30. The van der Waals surface area contributed by atoms with Crippen LogP contribution in [0.3, 0.4) is 0 Å². The van der Waals surface area contributed by atoms with Crippen LogP contribution in [0.1, 0.15) is 30.5 Å². The second-order valence-corrected chi connectivity index (χ2v) is 5.60. The number of benzene rings is 2. The topological polar surface area (TPSA) is 32.3 Å². The Morgan fingerprint density at radius 3 is 2.14 bits per heavy atom.